The van der Waals surface area contributed by atoms with Crippen LogP contribution in [0.1, 0.15) is 36.8 Å². The van der Waals surface area contributed by atoms with Crippen molar-refractivity contribution < 1.29 is 14.3 Å². The zero-order chi connectivity index (χ0) is 14.4. The van der Waals surface area contributed by atoms with Gasteiger partial charge in [-0.2, -0.15) is 5.26 Å². The summed E-state index contributed by atoms with van der Waals surface area (Å²) in [6.45, 7) is 5.04. The van der Waals surface area contributed by atoms with E-state index in [9.17, 15) is 9.59 Å². The third-order valence-corrected chi connectivity index (χ3v) is 2.45. The number of anilines is 1. The van der Waals surface area contributed by atoms with Crippen LogP contribution < -0.4 is 4.90 Å². The zero-order valence-electron chi connectivity index (χ0n) is 11.1. The summed E-state index contributed by atoms with van der Waals surface area (Å²) < 4.78 is 4.93. The quantitative estimate of drug-likeness (QED) is 0.467. The van der Waals surface area contributed by atoms with Gasteiger partial charge in [0.2, 0.25) is 5.91 Å². The summed E-state index contributed by atoms with van der Waals surface area (Å²) in [6, 6.07) is 1.54. The fraction of sp³-hybridized carbons (Fsp3) is 0.385. The van der Waals surface area contributed by atoms with Crippen LogP contribution in [0.5, 0.6) is 0 Å². The molecule has 0 fully saturated rings. The molecule has 0 aromatic carbocycles. The van der Waals surface area contributed by atoms with Gasteiger partial charge < -0.3 is 4.74 Å². The van der Waals surface area contributed by atoms with Crippen molar-refractivity contribution >= 4 is 17.6 Å². The molecule has 19 heavy (non-hydrogen) atoms. The maximum Gasteiger partial charge on any atom is 0.340 e. The Morgan fingerprint density at radius 2 is 2.16 bits per heavy atom. The molecule has 1 rings (SSSR count). The highest BCUT2D eigenvalue weighted by Gasteiger charge is 2.21. The Morgan fingerprint density at radius 1 is 1.47 bits per heavy atom. The highest BCUT2D eigenvalue weighted by molar-refractivity contribution is 6.03. The van der Waals surface area contributed by atoms with Crippen LogP contribution in [0.2, 0.25) is 0 Å². The number of amides is 1. The summed E-state index contributed by atoms with van der Waals surface area (Å²) in [4.78, 5) is 28.2. The smallest absolute Gasteiger partial charge is 0.340 e. The summed E-state index contributed by atoms with van der Waals surface area (Å²) in [6.07, 6.45) is 3.71. The second-order valence-electron chi connectivity index (χ2n) is 3.72. The molecule has 0 spiro atoms. The fourth-order valence-electron chi connectivity index (χ4n) is 1.53. The number of hydrogen-bond donors (Lipinski definition) is 0. The molecule has 0 aliphatic heterocycles. The molecule has 0 aliphatic carbocycles. The van der Waals surface area contributed by atoms with Crippen LogP contribution in [0.3, 0.4) is 0 Å². The second-order valence-corrected chi connectivity index (χ2v) is 3.72. The Hall–Kier alpha value is -2.42. The van der Waals surface area contributed by atoms with Gasteiger partial charge >= 0.3 is 5.97 Å². The molecule has 1 aromatic heterocycles. The standard InChI is InChI=1S/C13H15N3O3/c1-4-10-6-11(13(18)19-5-2)12(7-15-10)16(8-14)9(3)17/h6-7H,4-5H2,1-3H3. The van der Waals surface area contributed by atoms with E-state index in [4.69, 9.17) is 10.00 Å². The van der Waals surface area contributed by atoms with E-state index >= 15 is 0 Å². The number of carbonyl (C=O) groups excluding carboxylic acids is 2. The third kappa shape index (κ3) is 3.28. The van der Waals surface area contributed by atoms with Crippen molar-refractivity contribution in [2.75, 3.05) is 11.5 Å². The molecule has 6 heteroatoms. The monoisotopic (exact) mass is 261 g/mol. The first-order valence-electron chi connectivity index (χ1n) is 5.91. The van der Waals surface area contributed by atoms with Crippen molar-refractivity contribution in [3.63, 3.8) is 0 Å². The number of rotatable bonds is 4. The van der Waals surface area contributed by atoms with Crippen molar-refractivity contribution in [3.05, 3.63) is 23.5 Å². The lowest BCUT2D eigenvalue weighted by molar-refractivity contribution is -0.115. The number of nitrogens with zero attached hydrogens (tertiary/aromatic N) is 3. The summed E-state index contributed by atoms with van der Waals surface area (Å²) in [5.74, 6) is -1.06. The van der Waals surface area contributed by atoms with Crippen LogP contribution >= 0.6 is 0 Å². The number of aryl methyl sites for hydroxylation is 1. The van der Waals surface area contributed by atoms with Crippen LogP contribution in [-0.4, -0.2) is 23.5 Å². The largest absolute Gasteiger partial charge is 0.462 e. The Balaban J connectivity index is 3.34. The number of nitriles is 1. The van der Waals surface area contributed by atoms with Gasteiger partial charge in [0.05, 0.1) is 24.1 Å². The third-order valence-electron chi connectivity index (χ3n) is 2.45. The van der Waals surface area contributed by atoms with E-state index in [-0.39, 0.29) is 17.9 Å². The number of aromatic nitrogens is 1. The molecule has 0 saturated heterocycles. The van der Waals surface area contributed by atoms with Gasteiger partial charge in [-0.1, -0.05) is 6.92 Å². The molecule has 100 valence electrons. The Labute approximate surface area is 111 Å². The highest BCUT2D eigenvalue weighted by atomic mass is 16.5. The Bertz CT molecular complexity index is 534. The Kier molecular flexibility index (Phi) is 5.01. The maximum atomic E-state index is 11.9. The first-order valence-corrected chi connectivity index (χ1v) is 5.91. The van der Waals surface area contributed by atoms with Crippen molar-refractivity contribution in [2.24, 2.45) is 0 Å². The lowest BCUT2D eigenvalue weighted by atomic mass is 10.1. The molecular weight excluding hydrogens is 246 g/mol. The average molecular weight is 261 g/mol. The van der Waals surface area contributed by atoms with Crippen LogP contribution in [-0.2, 0) is 16.0 Å². The van der Waals surface area contributed by atoms with Gasteiger partial charge in [0.15, 0.2) is 6.19 Å². The minimum absolute atomic E-state index is 0.144. The van der Waals surface area contributed by atoms with Gasteiger partial charge in [-0.15, -0.1) is 0 Å². The van der Waals surface area contributed by atoms with Gasteiger partial charge in [-0.3, -0.25) is 9.78 Å². The normalized spacial score (nSPS) is 9.58. The minimum atomic E-state index is -0.573. The highest BCUT2D eigenvalue weighted by Crippen LogP contribution is 2.21. The summed E-state index contributed by atoms with van der Waals surface area (Å²) >= 11 is 0. The molecule has 0 N–H and O–H groups in total. The van der Waals surface area contributed by atoms with E-state index < -0.39 is 11.9 Å². The number of pyridine rings is 1. The van der Waals surface area contributed by atoms with E-state index in [1.54, 1.807) is 19.2 Å². The predicted octanol–water partition coefficient (Wildman–Crippen LogP) is 1.65. The van der Waals surface area contributed by atoms with E-state index in [0.29, 0.717) is 12.1 Å². The molecule has 0 aliphatic rings. The topological polar surface area (TPSA) is 83.3 Å². The van der Waals surface area contributed by atoms with Gasteiger partial charge in [0.25, 0.3) is 0 Å². The van der Waals surface area contributed by atoms with Gasteiger partial charge in [0.1, 0.15) is 0 Å². The van der Waals surface area contributed by atoms with Crippen LogP contribution in [0, 0.1) is 11.5 Å². The second kappa shape index (κ2) is 6.50. The molecule has 0 radical (unpaired) electrons. The summed E-state index contributed by atoms with van der Waals surface area (Å²) in [5, 5.41) is 8.99. The molecule has 1 amide bonds. The lowest BCUT2D eigenvalue weighted by Gasteiger charge is -2.15. The molecule has 1 aromatic rings. The number of hydrogen-bond acceptors (Lipinski definition) is 5. The first kappa shape index (κ1) is 14.6. The molecule has 0 bridgehead atoms. The fourth-order valence-corrected chi connectivity index (χ4v) is 1.53. The van der Waals surface area contributed by atoms with E-state index in [0.717, 1.165) is 4.90 Å². The SMILES string of the molecule is CCOC(=O)c1cc(CC)ncc1N(C#N)C(C)=O. The predicted molar refractivity (Wildman–Crippen MR) is 68.3 cm³/mol. The lowest BCUT2D eigenvalue weighted by Crippen LogP contribution is -2.25. The molecule has 0 unspecified atom stereocenters. The average Bonchev–Trinajstić information content (AvgIpc) is 2.39. The summed E-state index contributed by atoms with van der Waals surface area (Å²) in [5.41, 5.74) is 1.00. The zero-order valence-corrected chi connectivity index (χ0v) is 11.1. The number of carbonyl (C=O) groups is 2. The molecular formula is C13H15N3O3. The maximum absolute atomic E-state index is 11.9. The van der Waals surface area contributed by atoms with Gasteiger partial charge in [-0.25, -0.2) is 9.69 Å². The van der Waals surface area contributed by atoms with Gasteiger partial charge in [0, 0.05) is 12.6 Å². The van der Waals surface area contributed by atoms with E-state index in [2.05, 4.69) is 4.98 Å². The van der Waals surface area contributed by atoms with Crippen molar-refractivity contribution in [1.29, 1.82) is 5.26 Å². The van der Waals surface area contributed by atoms with Crippen LogP contribution in [0.25, 0.3) is 0 Å². The van der Waals surface area contributed by atoms with Crippen molar-refractivity contribution in [3.8, 4) is 6.19 Å². The molecule has 0 saturated carbocycles. The molecule has 1 heterocycles. The molecule has 6 nitrogen and oxygen atoms in total. The van der Waals surface area contributed by atoms with Crippen LogP contribution in [0.15, 0.2) is 12.3 Å². The van der Waals surface area contributed by atoms with Gasteiger partial charge in [-0.05, 0) is 19.4 Å². The Morgan fingerprint density at radius 3 is 2.63 bits per heavy atom. The molecule has 0 atom stereocenters. The summed E-state index contributed by atoms with van der Waals surface area (Å²) in [7, 11) is 0. The number of esters is 1. The number of ether oxygens (including phenoxy) is 1. The van der Waals surface area contributed by atoms with Crippen LogP contribution in [0.4, 0.5) is 5.69 Å². The van der Waals surface area contributed by atoms with Crippen molar-refractivity contribution in [2.45, 2.75) is 27.2 Å². The van der Waals surface area contributed by atoms with E-state index in [1.165, 1.54) is 13.1 Å². The minimum Gasteiger partial charge on any atom is -0.462 e. The first-order chi connectivity index (χ1) is 9.04. The van der Waals surface area contributed by atoms with Crippen molar-refractivity contribution in [1.82, 2.24) is 4.98 Å². The van der Waals surface area contributed by atoms with E-state index in [1.807, 2.05) is 6.92 Å².